The molecule has 112 valence electrons. The zero-order chi connectivity index (χ0) is 13.8. The van der Waals surface area contributed by atoms with E-state index in [0.29, 0.717) is 12.7 Å². The number of hydrogen-bond acceptors (Lipinski definition) is 3. The standard InChI is InChI=1S/C14H29N3O2/c1-15-14(16-9-11-18-2)17-10-12-19-13-7-5-3-4-6-8-13/h13H,3-12H2,1-2H3,(H2,15,16,17). The number of guanidine groups is 1. The van der Waals surface area contributed by atoms with Gasteiger partial charge in [0, 0.05) is 27.2 Å². The summed E-state index contributed by atoms with van der Waals surface area (Å²) in [4.78, 5) is 4.14. The van der Waals surface area contributed by atoms with Crippen molar-refractivity contribution in [1.82, 2.24) is 10.6 Å². The zero-order valence-corrected chi connectivity index (χ0v) is 12.4. The molecule has 0 spiro atoms. The van der Waals surface area contributed by atoms with E-state index in [9.17, 15) is 0 Å². The van der Waals surface area contributed by atoms with E-state index in [2.05, 4.69) is 15.6 Å². The molecule has 0 amide bonds. The molecule has 0 unspecified atom stereocenters. The fourth-order valence-corrected chi connectivity index (χ4v) is 2.30. The molecule has 0 aromatic heterocycles. The third-order valence-corrected chi connectivity index (χ3v) is 3.37. The van der Waals surface area contributed by atoms with Gasteiger partial charge >= 0.3 is 0 Å². The second-order valence-corrected chi connectivity index (χ2v) is 4.90. The van der Waals surface area contributed by atoms with Gasteiger partial charge in [-0.2, -0.15) is 0 Å². The van der Waals surface area contributed by atoms with Crippen LogP contribution in [0, 0.1) is 0 Å². The second kappa shape index (κ2) is 11.1. The number of hydrogen-bond donors (Lipinski definition) is 2. The summed E-state index contributed by atoms with van der Waals surface area (Å²) in [7, 11) is 3.47. The molecule has 0 aromatic carbocycles. The Bertz CT molecular complexity index is 239. The molecule has 1 aliphatic carbocycles. The van der Waals surface area contributed by atoms with Crippen molar-refractivity contribution in [2.24, 2.45) is 4.99 Å². The minimum atomic E-state index is 0.466. The first kappa shape index (κ1) is 16.2. The molecule has 19 heavy (non-hydrogen) atoms. The van der Waals surface area contributed by atoms with Crippen molar-refractivity contribution in [3.05, 3.63) is 0 Å². The number of nitrogens with one attached hydrogen (secondary N) is 2. The fraction of sp³-hybridized carbons (Fsp3) is 0.929. The van der Waals surface area contributed by atoms with Gasteiger partial charge in [0.1, 0.15) is 0 Å². The van der Waals surface area contributed by atoms with Crippen LogP contribution in [0.25, 0.3) is 0 Å². The maximum atomic E-state index is 5.91. The molecule has 0 bridgehead atoms. The van der Waals surface area contributed by atoms with Crippen LogP contribution >= 0.6 is 0 Å². The van der Waals surface area contributed by atoms with Crippen LogP contribution in [0.3, 0.4) is 0 Å². The molecule has 1 saturated carbocycles. The number of ether oxygens (including phenoxy) is 2. The quantitative estimate of drug-likeness (QED) is 0.319. The van der Waals surface area contributed by atoms with Crippen LogP contribution in [0.1, 0.15) is 38.5 Å². The first-order valence-electron chi connectivity index (χ1n) is 7.42. The van der Waals surface area contributed by atoms with Gasteiger partial charge in [-0.3, -0.25) is 4.99 Å². The molecule has 0 radical (unpaired) electrons. The van der Waals surface area contributed by atoms with Crippen LogP contribution in [0.5, 0.6) is 0 Å². The highest BCUT2D eigenvalue weighted by molar-refractivity contribution is 5.79. The monoisotopic (exact) mass is 271 g/mol. The maximum absolute atomic E-state index is 5.91. The lowest BCUT2D eigenvalue weighted by Crippen LogP contribution is -2.40. The molecule has 0 aromatic rings. The lowest BCUT2D eigenvalue weighted by molar-refractivity contribution is 0.0468. The van der Waals surface area contributed by atoms with Gasteiger partial charge in [0.2, 0.25) is 0 Å². The largest absolute Gasteiger partial charge is 0.383 e. The Morgan fingerprint density at radius 2 is 1.68 bits per heavy atom. The number of rotatable bonds is 7. The van der Waals surface area contributed by atoms with E-state index < -0.39 is 0 Å². The smallest absolute Gasteiger partial charge is 0.191 e. The van der Waals surface area contributed by atoms with E-state index in [1.165, 1.54) is 38.5 Å². The average molecular weight is 271 g/mol. The second-order valence-electron chi connectivity index (χ2n) is 4.90. The van der Waals surface area contributed by atoms with Gasteiger partial charge in [0.25, 0.3) is 0 Å². The lowest BCUT2D eigenvalue weighted by atomic mass is 10.1. The van der Waals surface area contributed by atoms with Crippen LogP contribution in [-0.2, 0) is 9.47 Å². The van der Waals surface area contributed by atoms with Gasteiger partial charge in [-0.25, -0.2) is 0 Å². The van der Waals surface area contributed by atoms with Crippen molar-refractivity contribution in [2.75, 3.05) is 40.5 Å². The molecular weight excluding hydrogens is 242 g/mol. The fourth-order valence-electron chi connectivity index (χ4n) is 2.30. The van der Waals surface area contributed by atoms with Crippen LogP contribution in [-0.4, -0.2) is 52.5 Å². The molecular formula is C14H29N3O2. The Balaban J connectivity index is 2.04. The molecule has 2 N–H and O–H groups in total. The summed E-state index contributed by atoms with van der Waals surface area (Å²) < 4.78 is 10.9. The molecule has 5 nitrogen and oxygen atoms in total. The Kier molecular flexibility index (Phi) is 9.45. The topological polar surface area (TPSA) is 54.9 Å². The van der Waals surface area contributed by atoms with Gasteiger partial charge in [-0.05, 0) is 12.8 Å². The highest BCUT2D eigenvalue weighted by Crippen LogP contribution is 2.19. The molecule has 1 fully saturated rings. The molecule has 0 atom stereocenters. The van der Waals surface area contributed by atoms with E-state index >= 15 is 0 Å². The Morgan fingerprint density at radius 1 is 1.05 bits per heavy atom. The summed E-state index contributed by atoms with van der Waals surface area (Å²) >= 11 is 0. The van der Waals surface area contributed by atoms with E-state index in [-0.39, 0.29) is 0 Å². The summed E-state index contributed by atoms with van der Waals surface area (Å²) in [6.07, 6.45) is 8.29. The molecule has 1 rings (SSSR count). The third-order valence-electron chi connectivity index (χ3n) is 3.37. The normalized spacial score (nSPS) is 18.1. The van der Waals surface area contributed by atoms with E-state index in [0.717, 1.165) is 25.7 Å². The Labute approximate surface area is 117 Å². The molecule has 5 heteroatoms. The van der Waals surface area contributed by atoms with Crippen LogP contribution in [0.15, 0.2) is 4.99 Å². The molecule has 0 aliphatic heterocycles. The highest BCUT2D eigenvalue weighted by Gasteiger charge is 2.11. The van der Waals surface area contributed by atoms with Crippen molar-refractivity contribution in [3.63, 3.8) is 0 Å². The minimum Gasteiger partial charge on any atom is -0.383 e. The van der Waals surface area contributed by atoms with E-state index in [1.807, 2.05) is 0 Å². The van der Waals surface area contributed by atoms with Gasteiger partial charge in [-0.1, -0.05) is 25.7 Å². The maximum Gasteiger partial charge on any atom is 0.191 e. The van der Waals surface area contributed by atoms with Crippen molar-refractivity contribution in [3.8, 4) is 0 Å². The summed E-state index contributed by atoms with van der Waals surface area (Å²) in [5.74, 6) is 0.807. The number of aliphatic imine (C=N–C) groups is 1. The Hall–Kier alpha value is -0.810. The van der Waals surface area contributed by atoms with Crippen LogP contribution in [0.2, 0.25) is 0 Å². The van der Waals surface area contributed by atoms with Gasteiger partial charge < -0.3 is 20.1 Å². The van der Waals surface area contributed by atoms with Crippen LogP contribution < -0.4 is 10.6 Å². The minimum absolute atomic E-state index is 0.466. The molecule has 1 aliphatic rings. The Morgan fingerprint density at radius 3 is 2.26 bits per heavy atom. The first-order chi connectivity index (χ1) is 9.36. The van der Waals surface area contributed by atoms with E-state index in [1.54, 1.807) is 14.2 Å². The van der Waals surface area contributed by atoms with Gasteiger partial charge in [-0.15, -0.1) is 0 Å². The SMILES string of the molecule is CN=C(NCCOC)NCCOC1CCCCCC1. The van der Waals surface area contributed by atoms with Crippen molar-refractivity contribution < 1.29 is 9.47 Å². The van der Waals surface area contributed by atoms with Crippen molar-refractivity contribution in [2.45, 2.75) is 44.6 Å². The zero-order valence-electron chi connectivity index (χ0n) is 12.4. The van der Waals surface area contributed by atoms with Gasteiger partial charge in [0.15, 0.2) is 5.96 Å². The van der Waals surface area contributed by atoms with E-state index in [4.69, 9.17) is 9.47 Å². The summed E-state index contributed by atoms with van der Waals surface area (Å²) in [5, 5.41) is 6.42. The van der Waals surface area contributed by atoms with Gasteiger partial charge in [0.05, 0.1) is 19.3 Å². The lowest BCUT2D eigenvalue weighted by Gasteiger charge is -2.16. The first-order valence-corrected chi connectivity index (χ1v) is 7.42. The van der Waals surface area contributed by atoms with Crippen molar-refractivity contribution in [1.29, 1.82) is 0 Å². The number of nitrogens with zero attached hydrogens (tertiary/aromatic N) is 1. The summed E-state index contributed by atoms with van der Waals surface area (Å²) in [5.41, 5.74) is 0. The van der Waals surface area contributed by atoms with Crippen LogP contribution in [0.4, 0.5) is 0 Å². The number of methoxy groups -OCH3 is 1. The predicted molar refractivity (Wildman–Crippen MR) is 78.7 cm³/mol. The summed E-state index contributed by atoms with van der Waals surface area (Å²) in [6.45, 7) is 2.98. The third kappa shape index (κ3) is 8.06. The van der Waals surface area contributed by atoms with Crippen molar-refractivity contribution >= 4 is 5.96 Å². The predicted octanol–water partition coefficient (Wildman–Crippen LogP) is 1.54. The average Bonchev–Trinajstić information content (AvgIpc) is 2.70. The summed E-state index contributed by atoms with van der Waals surface area (Å²) in [6, 6.07) is 0. The highest BCUT2D eigenvalue weighted by atomic mass is 16.5. The molecule has 0 saturated heterocycles. The molecule has 0 heterocycles.